The Morgan fingerprint density at radius 3 is 2.82 bits per heavy atom. The summed E-state index contributed by atoms with van der Waals surface area (Å²) in [7, 11) is 0. The molecule has 0 amide bonds. The van der Waals surface area contributed by atoms with Gasteiger partial charge in [0.15, 0.2) is 0 Å². The number of rotatable bonds is 3. The third-order valence-corrected chi connectivity index (χ3v) is 2.63. The summed E-state index contributed by atoms with van der Waals surface area (Å²) in [5.74, 6) is 0.349. The molecule has 0 radical (unpaired) electrons. The number of ether oxygens (including phenoxy) is 1. The van der Waals surface area contributed by atoms with Gasteiger partial charge in [-0.25, -0.2) is 9.37 Å². The topological polar surface area (TPSA) is 22.1 Å². The lowest BCUT2D eigenvalue weighted by Crippen LogP contribution is -1.98. The van der Waals surface area contributed by atoms with Crippen molar-refractivity contribution in [3.8, 4) is 5.75 Å². The van der Waals surface area contributed by atoms with Crippen molar-refractivity contribution in [2.45, 2.75) is 13.5 Å². The molecule has 0 spiro atoms. The SMILES string of the molecule is Cc1ccc(F)cc1COc1ccc(Cl)nc1. The van der Waals surface area contributed by atoms with Crippen molar-refractivity contribution in [1.82, 2.24) is 4.98 Å². The van der Waals surface area contributed by atoms with Crippen molar-refractivity contribution in [1.29, 1.82) is 0 Å². The van der Waals surface area contributed by atoms with Crippen LogP contribution in [0.3, 0.4) is 0 Å². The Morgan fingerprint density at radius 2 is 2.12 bits per heavy atom. The second kappa shape index (κ2) is 5.15. The predicted octanol–water partition coefficient (Wildman–Crippen LogP) is 3.76. The minimum absolute atomic E-state index is 0.261. The summed E-state index contributed by atoms with van der Waals surface area (Å²) in [4.78, 5) is 3.90. The average Bonchev–Trinajstić information content (AvgIpc) is 2.32. The molecular formula is C13H11ClFNO. The maximum absolute atomic E-state index is 13.0. The van der Waals surface area contributed by atoms with Crippen molar-refractivity contribution < 1.29 is 9.13 Å². The minimum atomic E-state index is -0.261. The van der Waals surface area contributed by atoms with Gasteiger partial charge in [0.2, 0.25) is 0 Å². The summed E-state index contributed by atoms with van der Waals surface area (Å²) in [6.45, 7) is 2.23. The Labute approximate surface area is 104 Å². The van der Waals surface area contributed by atoms with Crippen molar-refractivity contribution in [2.24, 2.45) is 0 Å². The molecule has 0 saturated heterocycles. The zero-order valence-electron chi connectivity index (χ0n) is 9.28. The number of nitrogens with zero attached hydrogens (tertiary/aromatic N) is 1. The fraction of sp³-hybridized carbons (Fsp3) is 0.154. The van der Waals surface area contributed by atoms with Gasteiger partial charge in [-0.05, 0) is 42.3 Å². The van der Waals surface area contributed by atoms with E-state index in [1.165, 1.54) is 18.3 Å². The molecule has 2 nitrogen and oxygen atoms in total. The van der Waals surface area contributed by atoms with Crippen LogP contribution in [0.1, 0.15) is 11.1 Å². The molecule has 0 bridgehead atoms. The van der Waals surface area contributed by atoms with Gasteiger partial charge in [0, 0.05) is 0 Å². The summed E-state index contributed by atoms with van der Waals surface area (Å²) >= 11 is 5.66. The first-order valence-electron chi connectivity index (χ1n) is 5.14. The van der Waals surface area contributed by atoms with Crippen LogP contribution in [0, 0.1) is 12.7 Å². The standard InChI is InChI=1S/C13H11ClFNO/c1-9-2-3-11(15)6-10(9)8-17-12-4-5-13(14)16-7-12/h2-7H,8H2,1H3. The lowest BCUT2D eigenvalue weighted by atomic mass is 10.1. The van der Waals surface area contributed by atoms with E-state index < -0.39 is 0 Å². The monoisotopic (exact) mass is 251 g/mol. The molecule has 0 fully saturated rings. The molecule has 4 heteroatoms. The first kappa shape index (κ1) is 11.9. The van der Waals surface area contributed by atoms with Gasteiger partial charge in [-0.2, -0.15) is 0 Å². The Bertz CT molecular complexity index is 513. The third-order valence-electron chi connectivity index (χ3n) is 2.41. The highest BCUT2D eigenvalue weighted by Gasteiger charge is 2.02. The Kier molecular flexibility index (Phi) is 3.59. The van der Waals surface area contributed by atoms with Gasteiger partial charge >= 0.3 is 0 Å². The van der Waals surface area contributed by atoms with E-state index >= 15 is 0 Å². The summed E-state index contributed by atoms with van der Waals surface area (Å²) in [6, 6.07) is 8.01. The summed E-state index contributed by atoms with van der Waals surface area (Å²) in [5.41, 5.74) is 1.81. The van der Waals surface area contributed by atoms with Crippen molar-refractivity contribution in [3.63, 3.8) is 0 Å². The van der Waals surface area contributed by atoms with E-state index in [2.05, 4.69) is 4.98 Å². The van der Waals surface area contributed by atoms with E-state index in [0.717, 1.165) is 11.1 Å². The van der Waals surface area contributed by atoms with Crippen molar-refractivity contribution in [2.75, 3.05) is 0 Å². The van der Waals surface area contributed by atoms with Crippen LogP contribution in [0.5, 0.6) is 5.75 Å². The first-order chi connectivity index (χ1) is 8.15. The molecule has 0 unspecified atom stereocenters. The number of aromatic nitrogens is 1. The molecule has 0 atom stereocenters. The number of aryl methyl sites for hydroxylation is 1. The Morgan fingerprint density at radius 1 is 1.29 bits per heavy atom. The van der Waals surface area contributed by atoms with Crippen LogP contribution in [0.4, 0.5) is 4.39 Å². The van der Waals surface area contributed by atoms with E-state index in [1.54, 1.807) is 18.2 Å². The highest BCUT2D eigenvalue weighted by atomic mass is 35.5. The first-order valence-corrected chi connectivity index (χ1v) is 5.52. The zero-order chi connectivity index (χ0) is 12.3. The molecule has 0 N–H and O–H groups in total. The molecule has 0 saturated carbocycles. The predicted molar refractivity (Wildman–Crippen MR) is 64.7 cm³/mol. The van der Waals surface area contributed by atoms with E-state index in [-0.39, 0.29) is 5.82 Å². The molecule has 0 aliphatic carbocycles. The fourth-order valence-corrected chi connectivity index (χ4v) is 1.52. The van der Waals surface area contributed by atoms with Crippen molar-refractivity contribution in [3.05, 3.63) is 58.6 Å². The Balaban J connectivity index is 2.07. The molecule has 0 aliphatic heterocycles. The third kappa shape index (κ3) is 3.17. The smallest absolute Gasteiger partial charge is 0.138 e. The molecule has 1 aromatic heterocycles. The van der Waals surface area contributed by atoms with E-state index in [9.17, 15) is 4.39 Å². The van der Waals surface area contributed by atoms with Crippen LogP contribution in [0.25, 0.3) is 0 Å². The lowest BCUT2D eigenvalue weighted by Gasteiger charge is -2.08. The maximum Gasteiger partial charge on any atom is 0.138 e. The minimum Gasteiger partial charge on any atom is -0.487 e. The van der Waals surface area contributed by atoms with Crippen LogP contribution in [-0.4, -0.2) is 4.98 Å². The number of benzene rings is 1. The maximum atomic E-state index is 13.0. The molecule has 88 valence electrons. The molecule has 1 aromatic carbocycles. The zero-order valence-corrected chi connectivity index (χ0v) is 10.0. The number of halogens is 2. The number of pyridine rings is 1. The molecule has 0 aliphatic rings. The van der Waals surface area contributed by atoms with E-state index in [4.69, 9.17) is 16.3 Å². The van der Waals surface area contributed by atoms with Crippen LogP contribution < -0.4 is 4.74 Å². The molecule has 2 rings (SSSR count). The van der Waals surface area contributed by atoms with Gasteiger partial charge in [0.05, 0.1) is 6.20 Å². The average molecular weight is 252 g/mol. The molecule has 1 heterocycles. The number of hydrogen-bond donors (Lipinski definition) is 0. The van der Waals surface area contributed by atoms with Crippen LogP contribution >= 0.6 is 11.6 Å². The van der Waals surface area contributed by atoms with Gasteiger partial charge in [-0.1, -0.05) is 17.7 Å². The van der Waals surface area contributed by atoms with Crippen molar-refractivity contribution >= 4 is 11.6 Å². The van der Waals surface area contributed by atoms with Crippen LogP contribution in [0.2, 0.25) is 5.15 Å². The van der Waals surface area contributed by atoms with Gasteiger partial charge in [0.1, 0.15) is 23.3 Å². The van der Waals surface area contributed by atoms with E-state index in [0.29, 0.717) is 17.5 Å². The van der Waals surface area contributed by atoms with Crippen LogP contribution in [0.15, 0.2) is 36.5 Å². The lowest BCUT2D eigenvalue weighted by molar-refractivity contribution is 0.303. The summed E-state index contributed by atoms with van der Waals surface area (Å²) in [5, 5.41) is 0.416. The summed E-state index contributed by atoms with van der Waals surface area (Å²) < 4.78 is 18.5. The normalized spacial score (nSPS) is 10.3. The highest BCUT2D eigenvalue weighted by molar-refractivity contribution is 6.29. The van der Waals surface area contributed by atoms with Gasteiger partial charge < -0.3 is 4.74 Å². The van der Waals surface area contributed by atoms with Gasteiger partial charge in [0.25, 0.3) is 0 Å². The van der Waals surface area contributed by atoms with Gasteiger partial charge in [-0.15, -0.1) is 0 Å². The van der Waals surface area contributed by atoms with Gasteiger partial charge in [-0.3, -0.25) is 0 Å². The highest BCUT2D eigenvalue weighted by Crippen LogP contribution is 2.16. The molecular weight excluding hydrogens is 241 g/mol. The largest absolute Gasteiger partial charge is 0.487 e. The number of hydrogen-bond acceptors (Lipinski definition) is 2. The molecule has 17 heavy (non-hydrogen) atoms. The van der Waals surface area contributed by atoms with Crippen LogP contribution in [-0.2, 0) is 6.61 Å². The fourth-order valence-electron chi connectivity index (χ4n) is 1.40. The second-order valence-electron chi connectivity index (χ2n) is 3.68. The molecule has 2 aromatic rings. The van der Waals surface area contributed by atoms with E-state index in [1.807, 2.05) is 6.92 Å². The summed E-state index contributed by atoms with van der Waals surface area (Å²) in [6.07, 6.45) is 1.54. The Hall–Kier alpha value is -1.61. The second-order valence-corrected chi connectivity index (χ2v) is 4.06. The quantitative estimate of drug-likeness (QED) is 0.775.